The third-order valence-electron chi connectivity index (χ3n) is 7.43. The van der Waals surface area contributed by atoms with Crippen LogP contribution in [0.1, 0.15) is 54.7 Å². The van der Waals surface area contributed by atoms with Crippen LogP contribution in [0.3, 0.4) is 0 Å². The molecule has 3 heteroatoms. The van der Waals surface area contributed by atoms with E-state index in [1.54, 1.807) is 6.07 Å². The first-order valence-corrected chi connectivity index (χ1v) is 13.4. The van der Waals surface area contributed by atoms with Crippen LogP contribution in [0.2, 0.25) is 0 Å². The molecule has 1 heterocycles. The number of hydrogen-bond acceptors (Lipinski definition) is 3. The summed E-state index contributed by atoms with van der Waals surface area (Å²) < 4.78 is 6.05. The highest BCUT2D eigenvalue weighted by Gasteiger charge is 2.21. The summed E-state index contributed by atoms with van der Waals surface area (Å²) in [6.45, 7) is 3.95. The summed E-state index contributed by atoms with van der Waals surface area (Å²) >= 11 is 0. The van der Waals surface area contributed by atoms with Gasteiger partial charge in [0.1, 0.15) is 11.5 Å². The number of likely N-dealkylation sites (tertiary alicyclic amines) is 1. The molecule has 0 spiro atoms. The zero-order valence-electron chi connectivity index (χ0n) is 21.1. The van der Waals surface area contributed by atoms with Gasteiger partial charge in [0.15, 0.2) is 0 Å². The molecule has 5 rings (SSSR count). The number of piperidine rings is 1. The van der Waals surface area contributed by atoms with Crippen molar-refractivity contribution in [3.8, 4) is 11.5 Å². The van der Waals surface area contributed by atoms with Crippen molar-refractivity contribution in [2.24, 2.45) is 0 Å². The predicted octanol–water partition coefficient (Wildman–Crippen LogP) is 7.72. The smallest absolute Gasteiger partial charge is 0.119 e. The molecule has 1 aliphatic heterocycles. The second-order valence-electron chi connectivity index (χ2n) is 10.1. The topological polar surface area (TPSA) is 32.7 Å². The summed E-state index contributed by atoms with van der Waals surface area (Å²) in [5, 5.41) is 12.3. The molecule has 0 amide bonds. The molecule has 4 aromatic rings. The minimum atomic E-state index is 0.374. The fraction of sp³-hybridized carbons (Fsp3) is 0.333. The van der Waals surface area contributed by atoms with Gasteiger partial charge in [-0.15, -0.1) is 0 Å². The van der Waals surface area contributed by atoms with Crippen molar-refractivity contribution >= 4 is 10.8 Å². The number of unbranched alkanes of at least 4 members (excludes halogenated alkanes) is 2. The number of phenols is 1. The molecule has 3 nitrogen and oxygen atoms in total. The Morgan fingerprint density at radius 2 is 1.53 bits per heavy atom. The summed E-state index contributed by atoms with van der Waals surface area (Å²) in [5.41, 5.74) is 4.06. The van der Waals surface area contributed by atoms with Crippen molar-refractivity contribution in [2.45, 2.75) is 51.0 Å². The highest BCUT2D eigenvalue weighted by atomic mass is 16.5. The van der Waals surface area contributed by atoms with Gasteiger partial charge >= 0.3 is 0 Å². The van der Waals surface area contributed by atoms with Crippen molar-refractivity contribution in [1.29, 1.82) is 0 Å². The number of aryl methyl sites for hydroxylation is 1. The Morgan fingerprint density at radius 3 is 2.36 bits per heavy atom. The van der Waals surface area contributed by atoms with E-state index in [9.17, 15) is 5.11 Å². The number of hydrogen-bond donors (Lipinski definition) is 1. The van der Waals surface area contributed by atoms with Crippen LogP contribution in [-0.4, -0.2) is 29.7 Å². The minimum absolute atomic E-state index is 0.374. The van der Waals surface area contributed by atoms with Crippen LogP contribution in [-0.2, 0) is 13.0 Å². The molecule has 1 aliphatic rings. The first kappa shape index (κ1) is 24.4. The number of fused-ring (bicyclic) bond motifs is 1. The van der Waals surface area contributed by atoms with E-state index in [4.69, 9.17) is 4.74 Å². The van der Waals surface area contributed by atoms with E-state index in [1.165, 1.54) is 40.3 Å². The Kier molecular flexibility index (Phi) is 8.20. The molecule has 0 aliphatic carbocycles. The van der Waals surface area contributed by atoms with Gasteiger partial charge in [-0.3, -0.25) is 4.90 Å². The first-order chi connectivity index (χ1) is 17.7. The monoisotopic (exact) mass is 479 g/mol. The minimum Gasteiger partial charge on any atom is -0.508 e. The molecule has 1 saturated heterocycles. The number of phenolic OH excluding ortho intramolecular Hbond substituents is 1. The molecule has 0 unspecified atom stereocenters. The van der Waals surface area contributed by atoms with E-state index in [0.717, 1.165) is 57.7 Å². The van der Waals surface area contributed by atoms with Gasteiger partial charge in [0.25, 0.3) is 0 Å². The van der Waals surface area contributed by atoms with E-state index >= 15 is 0 Å². The van der Waals surface area contributed by atoms with Gasteiger partial charge in [0.2, 0.25) is 0 Å². The molecular formula is C33H37NO2. The molecule has 1 N–H and O–H groups in total. The lowest BCUT2D eigenvalue weighted by molar-refractivity contribution is 0.204. The van der Waals surface area contributed by atoms with Gasteiger partial charge in [-0.2, -0.15) is 0 Å². The lowest BCUT2D eigenvalue weighted by atomic mass is 9.89. The maximum Gasteiger partial charge on any atom is 0.119 e. The van der Waals surface area contributed by atoms with Crippen molar-refractivity contribution in [3.05, 3.63) is 108 Å². The molecule has 0 atom stereocenters. The average molecular weight is 480 g/mol. The third kappa shape index (κ3) is 6.67. The van der Waals surface area contributed by atoms with Gasteiger partial charge in [0, 0.05) is 6.54 Å². The quantitative estimate of drug-likeness (QED) is 0.236. The van der Waals surface area contributed by atoms with E-state index in [0.29, 0.717) is 11.7 Å². The molecular weight excluding hydrogens is 442 g/mol. The molecule has 0 saturated carbocycles. The largest absolute Gasteiger partial charge is 0.508 e. The Bertz CT molecular complexity index is 1250. The molecule has 0 radical (unpaired) electrons. The van der Waals surface area contributed by atoms with Gasteiger partial charge in [0.05, 0.1) is 6.61 Å². The van der Waals surface area contributed by atoms with E-state index in [1.807, 2.05) is 12.1 Å². The predicted molar refractivity (Wildman–Crippen MR) is 149 cm³/mol. The molecule has 36 heavy (non-hydrogen) atoms. The summed E-state index contributed by atoms with van der Waals surface area (Å²) in [4.78, 5) is 2.55. The lowest BCUT2D eigenvalue weighted by Gasteiger charge is -2.32. The normalized spacial score (nSPS) is 14.8. The first-order valence-electron chi connectivity index (χ1n) is 13.4. The standard InChI is InChI=1S/C33H37NO2/c35-32-12-7-11-29(23-32)28-17-19-34(20-18-28)25-27-13-14-31-24-33(16-15-30(31)22-27)36-21-6-2-5-10-26-8-3-1-4-9-26/h1,3-4,7-9,11-16,22-24,28,35H,2,5-6,10,17-21,25H2. The number of ether oxygens (including phenoxy) is 1. The summed E-state index contributed by atoms with van der Waals surface area (Å²) in [6, 6.07) is 31.8. The van der Waals surface area contributed by atoms with Crippen molar-refractivity contribution in [2.75, 3.05) is 19.7 Å². The Morgan fingerprint density at radius 1 is 0.722 bits per heavy atom. The fourth-order valence-corrected chi connectivity index (χ4v) is 5.37. The van der Waals surface area contributed by atoms with Gasteiger partial charge < -0.3 is 9.84 Å². The van der Waals surface area contributed by atoms with E-state index in [-0.39, 0.29) is 0 Å². The Hall–Kier alpha value is -3.30. The van der Waals surface area contributed by atoms with Crippen LogP contribution in [0.25, 0.3) is 10.8 Å². The van der Waals surface area contributed by atoms with Gasteiger partial charge in [-0.1, -0.05) is 60.7 Å². The molecule has 186 valence electrons. The van der Waals surface area contributed by atoms with Crippen LogP contribution >= 0.6 is 0 Å². The second kappa shape index (κ2) is 12.1. The van der Waals surface area contributed by atoms with Crippen molar-refractivity contribution < 1.29 is 9.84 Å². The van der Waals surface area contributed by atoms with Crippen molar-refractivity contribution in [3.63, 3.8) is 0 Å². The van der Waals surface area contributed by atoms with Crippen LogP contribution in [0, 0.1) is 0 Å². The van der Waals surface area contributed by atoms with Crippen LogP contribution in [0.5, 0.6) is 11.5 Å². The number of nitrogens with zero attached hydrogens (tertiary/aromatic N) is 1. The van der Waals surface area contributed by atoms with E-state index < -0.39 is 0 Å². The van der Waals surface area contributed by atoms with Gasteiger partial charge in [-0.05, 0) is 115 Å². The average Bonchev–Trinajstić information content (AvgIpc) is 2.92. The summed E-state index contributed by atoms with van der Waals surface area (Å²) in [5.74, 6) is 1.89. The lowest BCUT2D eigenvalue weighted by Crippen LogP contribution is -2.32. The third-order valence-corrected chi connectivity index (χ3v) is 7.43. The SMILES string of the molecule is Oc1cccc(C2CCN(Cc3ccc4cc(OCCCCCc5ccccc5)ccc4c3)CC2)c1. The van der Waals surface area contributed by atoms with Crippen LogP contribution < -0.4 is 4.74 Å². The molecule has 1 fully saturated rings. The highest BCUT2D eigenvalue weighted by molar-refractivity contribution is 5.84. The second-order valence-corrected chi connectivity index (χ2v) is 10.1. The zero-order chi connectivity index (χ0) is 24.6. The molecule has 0 aromatic heterocycles. The fourth-order valence-electron chi connectivity index (χ4n) is 5.37. The number of rotatable bonds is 10. The molecule has 0 bridgehead atoms. The highest BCUT2D eigenvalue weighted by Crippen LogP contribution is 2.31. The Labute approximate surface area is 215 Å². The zero-order valence-corrected chi connectivity index (χ0v) is 21.1. The number of aromatic hydroxyl groups is 1. The number of benzene rings is 4. The van der Waals surface area contributed by atoms with Gasteiger partial charge in [-0.25, -0.2) is 0 Å². The summed E-state index contributed by atoms with van der Waals surface area (Å²) in [7, 11) is 0. The Balaban J connectivity index is 1.07. The maximum atomic E-state index is 9.79. The van der Waals surface area contributed by atoms with Crippen LogP contribution in [0.15, 0.2) is 91.0 Å². The molecule has 4 aromatic carbocycles. The van der Waals surface area contributed by atoms with Crippen LogP contribution in [0.4, 0.5) is 0 Å². The van der Waals surface area contributed by atoms with Crippen molar-refractivity contribution in [1.82, 2.24) is 4.90 Å². The summed E-state index contributed by atoms with van der Waals surface area (Å²) in [6.07, 6.45) is 6.92. The maximum absolute atomic E-state index is 9.79. The van der Waals surface area contributed by atoms with E-state index in [2.05, 4.69) is 77.7 Å².